The van der Waals surface area contributed by atoms with Gasteiger partial charge in [0.1, 0.15) is 17.2 Å². The van der Waals surface area contributed by atoms with Gasteiger partial charge in [0, 0.05) is 23.2 Å². The Morgan fingerprint density at radius 3 is 2.78 bits per heavy atom. The fourth-order valence-corrected chi connectivity index (χ4v) is 5.10. The second-order valence-corrected chi connectivity index (χ2v) is 7.49. The number of thiophene rings is 1. The smallest absolute Gasteiger partial charge is 0.342 e. The van der Waals surface area contributed by atoms with E-state index >= 15 is 0 Å². The standard InChI is InChI=1S/C19H15N3O4S/c1-9-13(17(23)25-3)14-15(27-9)19(11(8-20)16(21)26-14)10-6-4-5-7-12(10)22(2)18(19)24/h4-7H,21H2,1-3H3/t19-/m1/s1. The number of likely N-dealkylation sites (N-methyl/N-ethyl adjacent to an activating group) is 1. The van der Waals surface area contributed by atoms with Crippen LogP contribution in [0.3, 0.4) is 0 Å². The molecule has 0 aliphatic carbocycles. The Morgan fingerprint density at radius 1 is 1.41 bits per heavy atom. The van der Waals surface area contributed by atoms with Crippen LogP contribution in [0.25, 0.3) is 0 Å². The van der Waals surface area contributed by atoms with Crippen LogP contribution < -0.4 is 15.4 Å². The average Bonchev–Trinajstić information content (AvgIpc) is 3.10. The largest absolute Gasteiger partial charge is 0.465 e. The summed E-state index contributed by atoms with van der Waals surface area (Å²) in [6.07, 6.45) is 0. The van der Waals surface area contributed by atoms with Crippen LogP contribution in [0.5, 0.6) is 5.75 Å². The minimum absolute atomic E-state index is 0.0227. The van der Waals surface area contributed by atoms with Crippen LogP contribution in [0.1, 0.15) is 25.7 Å². The lowest BCUT2D eigenvalue weighted by Crippen LogP contribution is -2.44. The molecule has 2 N–H and O–H groups in total. The number of nitrogens with two attached hydrogens (primary N) is 1. The number of methoxy groups -OCH3 is 1. The number of hydrogen-bond donors (Lipinski definition) is 1. The molecule has 3 heterocycles. The van der Waals surface area contributed by atoms with E-state index in [2.05, 4.69) is 6.07 Å². The fraction of sp³-hybridized carbons (Fsp3) is 0.211. The van der Waals surface area contributed by atoms with Crippen LogP contribution in [0.15, 0.2) is 35.7 Å². The van der Waals surface area contributed by atoms with Crippen molar-refractivity contribution in [2.45, 2.75) is 12.3 Å². The van der Waals surface area contributed by atoms with Crippen molar-refractivity contribution in [2.75, 3.05) is 19.1 Å². The lowest BCUT2D eigenvalue weighted by molar-refractivity contribution is -0.120. The number of carbonyl (C=O) groups excluding carboxylic acids is 2. The Bertz CT molecular complexity index is 1090. The first kappa shape index (κ1) is 17.1. The highest BCUT2D eigenvalue weighted by atomic mass is 32.1. The quantitative estimate of drug-likeness (QED) is 0.759. The highest BCUT2D eigenvalue weighted by Gasteiger charge is 2.60. The Kier molecular flexibility index (Phi) is 3.55. The Labute approximate surface area is 159 Å². The lowest BCUT2D eigenvalue weighted by atomic mass is 9.72. The van der Waals surface area contributed by atoms with E-state index in [0.29, 0.717) is 21.0 Å². The van der Waals surface area contributed by atoms with Crippen molar-refractivity contribution in [1.82, 2.24) is 0 Å². The summed E-state index contributed by atoms with van der Waals surface area (Å²) < 4.78 is 10.5. The molecule has 4 rings (SSSR count). The minimum Gasteiger partial charge on any atom is -0.465 e. The summed E-state index contributed by atoms with van der Waals surface area (Å²) >= 11 is 1.23. The van der Waals surface area contributed by atoms with Gasteiger partial charge in [-0.1, -0.05) is 18.2 Å². The van der Waals surface area contributed by atoms with Crippen molar-refractivity contribution in [1.29, 1.82) is 5.26 Å². The minimum atomic E-state index is -1.43. The Hall–Kier alpha value is -3.31. The summed E-state index contributed by atoms with van der Waals surface area (Å²) in [4.78, 5) is 28.4. The number of rotatable bonds is 1. The van der Waals surface area contributed by atoms with Gasteiger partial charge in [-0.2, -0.15) is 5.26 Å². The number of nitriles is 1. The molecular weight excluding hydrogens is 366 g/mol. The molecule has 7 nitrogen and oxygen atoms in total. The van der Waals surface area contributed by atoms with Gasteiger partial charge >= 0.3 is 5.97 Å². The van der Waals surface area contributed by atoms with Gasteiger partial charge in [-0.3, -0.25) is 4.79 Å². The highest BCUT2D eigenvalue weighted by molar-refractivity contribution is 7.13. The molecule has 0 radical (unpaired) electrons. The van der Waals surface area contributed by atoms with Gasteiger partial charge in [0.05, 0.1) is 12.0 Å². The third kappa shape index (κ3) is 1.89. The van der Waals surface area contributed by atoms with E-state index in [0.717, 1.165) is 0 Å². The highest BCUT2D eigenvalue weighted by Crippen LogP contribution is 2.58. The zero-order valence-electron chi connectivity index (χ0n) is 14.8. The summed E-state index contributed by atoms with van der Waals surface area (Å²) in [6.45, 7) is 1.74. The number of fused-ring (bicyclic) bond motifs is 4. The third-order valence-corrected chi connectivity index (χ3v) is 6.22. The molecular formula is C19H15N3O4S. The number of anilines is 1. The van der Waals surface area contributed by atoms with Crippen LogP contribution in [-0.4, -0.2) is 26.0 Å². The molecule has 1 spiro atoms. The van der Waals surface area contributed by atoms with Gasteiger partial charge in [-0.05, 0) is 13.0 Å². The third-order valence-electron chi connectivity index (χ3n) is 5.01. The van der Waals surface area contributed by atoms with Crippen molar-refractivity contribution < 1.29 is 19.1 Å². The molecule has 2 aliphatic heterocycles. The average molecular weight is 381 g/mol. The number of aryl methyl sites for hydroxylation is 1. The van der Waals surface area contributed by atoms with Crippen molar-refractivity contribution in [3.8, 4) is 11.8 Å². The predicted molar refractivity (Wildman–Crippen MR) is 98.5 cm³/mol. The first-order valence-electron chi connectivity index (χ1n) is 8.07. The molecule has 2 aliphatic rings. The number of ether oxygens (including phenoxy) is 2. The summed E-state index contributed by atoms with van der Waals surface area (Å²) in [7, 11) is 2.92. The molecule has 0 unspecified atom stereocenters. The van der Waals surface area contributed by atoms with E-state index in [9.17, 15) is 14.9 Å². The van der Waals surface area contributed by atoms with E-state index in [1.54, 1.807) is 26.1 Å². The van der Waals surface area contributed by atoms with E-state index < -0.39 is 11.4 Å². The number of nitrogens with zero attached hydrogens (tertiary/aromatic N) is 2. The van der Waals surface area contributed by atoms with E-state index in [4.69, 9.17) is 15.2 Å². The summed E-state index contributed by atoms with van der Waals surface area (Å²) in [5, 5.41) is 9.85. The summed E-state index contributed by atoms with van der Waals surface area (Å²) in [5.41, 5.74) is 6.19. The van der Waals surface area contributed by atoms with Crippen LogP contribution in [0.4, 0.5) is 5.69 Å². The summed E-state index contributed by atoms with van der Waals surface area (Å²) in [5.74, 6) is -0.906. The van der Waals surface area contributed by atoms with Gasteiger partial charge in [-0.25, -0.2) is 4.79 Å². The molecule has 136 valence electrons. The molecule has 27 heavy (non-hydrogen) atoms. The molecule has 0 saturated carbocycles. The second-order valence-electron chi connectivity index (χ2n) is 6.27. The van der Waals surface area contributed by atoms with E-state index in [-0.39, 0.29) is 28.7 Å². The van der Waals surface area contributed by atoms with Gasteiger partial charge in [0.15, 0.2) is 11.2 Å². The van der Waals surface area contributed by atoms with Gasteiger partial charge in [0.2, 0.25) is 11.8 Å². The molecule has 2 aromatic rings. The molecule has 8 heteroatoms. The molecule has 0 bridgehead atoms. The number of benzene rings is 1. The van der Waals surface area contributed by atoms with E-state index in [1.807, 2.05) is 12.1 Å². The SMILES string of the molecule is COC(=O)c1c(C)sc2c1OC(N)=C(C#N)[C@@]21C(=O)N(C)c2ccccc21. The van der Waals surface area contributed by atoms with Crippen LogP contribution in [0.2, 0.25) is 0 Å². The van der Waals surface area contributed by atoms with Gasteiger partial charge in [-0.15, -0.1) is 11.3 Å². The van der Waals surface area contributed by atoms with Crippen molar-refractivity contribution in [3.63, 3.8) is 0 Å². The van der Waals surface area contributed by atoms with Crippen molar-refractivity contribution >= 4 is 28.9 Å². The first-order valence-corrected chi connectivity index (χ1v) is 8.89. The summed E-state index contributed by atoms with van der Waals surface area (Å²) in [6, 6.07) is 9.29. The lowest BCUT2D eigenvalue weighted by Gasteiger charge is -2.32. The molecule has 1 aromatic carbocycles. The Balaban J connectivity index is 2.16. The maximum absolute atomic E-state index is 13.5. The number of carbonyl (C=O) groups is 2. The predicted octanol–water partition coefficient (Wildman–Crippen LogP) is 2.19. The maximum Gasteiger partial charge on any atom is 0.342 e. The Morgan fingerprint density at radius 2 is 2.11 bits per heavy atom. The number of para-hydroxylation sites is 1. The molecule has 1 atom stereocenters. The monoisotopic (exact) mass is 381 g/mol. The maximum atomic E-state index is 13.5. The van der Waals surface area contributed by atoms with Crippen LogP contribution in [0, 0.1) is 18.3 Å². The fourth-order valence-electron chi connectivity index (χ4n) is 3.83. The van der Waals surface area contributed by atoms with Crippen molar-refractivity contribution in [2.24, 2.45) is 5.73 Å². The molecule has 0 fully saturated rings. The number of amides is 1. The topological polar surface area (TPSA) is 106 Å². The first-order chi connectivity index (χ1) is 12.9. The molecule has 1 amide bonds. The second kappa shape index (κ2) is 5.59. The zero-order chi connectivity index (χ0) is 19.5. The van der Waals surface area contributed by atoms with Crippen LogP contribution in [-0.2, 0) is 14.9 Å². The zero-order valence-corrected chi connectivity index (χ0v) is 15.6. The van der Waals surface area contributed by atoms with Gasteiger partial charge in [0.25, 0.3) is 0 Å². The van der Waals surface area contributed by atoms with E-state index in [1.165, 1.54) is 23.3 Å². The number of esters is 1. The van der Waals surface area contributed by atoms with Gasteiger partial charge < -0.3 is 20.1 Å². The molecule has 1 aromatic heterocycles. The number of hydrogen-bond acceptors (Lipinski definition) is 7. The molecule has 0 saturated heterocycles. The van der Waals surface area contributed by atoms with Crippen molar-refractivity contribution in [3.05, 3.63) is 56.6 Å². The van der Waals surface area contributed by atoms with Crippen LogP contribution >= 0.6 is 11.3 Å². The normalized spacial score (nSPS) is 20.2.